The van der Waals surface area contributed by atoms with Crippen molar-refractivity contribution >= 4 is 11.8 Å². The van der Waals surface area contributed by atoms with Crippen molar-refractivity contribution in [2.75, 3.05) is 6.61 Å². The summed E-state index contributed by atoms with van der Waals surface area (Å²) in [6, 6.07) is 0. The molecule has 0 radical (unpaired) electrons. The van der Waals surface area contributed by atoms with Gasteiger partial charge in [-0.3, -0.25) is 9.59 Å². The predicted octanol–water partition coefficient (Wildman–Crippen LogP) is 7.27. The molecule has 0 spiro atoms. The van der Waals surface area contributed by atoms with E-state index in [1.54, 1.807) is 0 Å². The molecule has 28 heavy (non-hydrogen) atoms. The summed E-state index contributed by atoms with van der Waals surface area (Å²) in [6.07, 6.45) is 25.9. The van der Waals surface area contributed by atoms with Crippen LogP contribution in [0.15, 0.2) is 36.5 Å². The molecular weight excluding hydrogens is 348 g/mol. The van der Waals surface area contributed by atoms with Crippen molar-refractivity contribution in [3.63, 3.8) is 0 Å². The molecule has 160 valence electrons. The van der Waals surface area contributed by atoms with Crippen LogP contribution in [0.1, 0.15) is 104 Å². The van der Waals surface area contributed by atoms with Crippen molar-refractivity contribution in [2.45, 2.75) is 104 Å². The molecule has 0 aliphatic rings. The van der Waals surface area contributed by atoms with E-state index in [9.17, 15) is 9.59 Å². The van der Waals surface area contributed by atoms with Gasteiger partial charge in [-0.05, 0) is 32.1 Å². The summed E-state index contributed by atoms with van der Waals surface area (Å²) >= 11 is 0. The Kier molecular flexibility index (Phi) is 20.4. The van der Waals surface area contributed by atoms with Crippen LogP contribution in [0.3, 0.4) is 0 Å². The first-order valence-corrected chi connectivity index (χ1v) is 11.4. The number of unbranched alkanes of at least 4 members (excludes halogenated alkanes) is 8. The minimum absolute atomic E-state index is 0.168. The summed E-state index contributed by atoms with van der Waals surface area (Å²) in [4.78, 5) is 23.4. The number of ether oxygens (including phenoxy) is 1. The Morgan fingerprint density at radius 3 is 1.96 bits per heavy atom. The van der Waals surface area contributed by atoms with E-state index >= 15 is 0 Å². The minimum Gasteiger partial charge on any atom is -0.466 e. The average molecular weight is 391 g/mol. The lowest BCUT2D eigenvalue weighted by atomic mass is 10.1. The van der Waals surface area contributed by atoms with Gasteiger partial charge in [0.05, 0.1) is 13.0 Å². The number of esters is 1. The molecule has 0 saturated carbocycles. The summed E-state index contributed by atoms with van der Waals surface area (Å²) < 4.78 is 5.18. The maximum atomic E-state index is 11.8. The van der Waals surface area contributed by atoms with Crippen LogP contribution in [-0.4, -0.2) is 18.4 Å². The van der Waals surface area contributed by atoms with E-state index < -0.39 is 0 Å². The molecular formula is C25H42O3. The normalized spacial score (nSPS) is 11.8. The second-order valence-corrected chi connectivity index (χ2v) is 7.30. The quantitative estimate of drug-likeness (QED) is 0.132. The predicted molar refractivity (Wildman–Crippen MR) is 119 cm³/mol. The zero-order valence-corrected chi connectivity index (χ0v) is 18.3. The highest BCUT2D eigenvalue weighted by molar-refractivity contribution is 5.82. The van der Waals surface area contributed by atoms with Crippen molar-refractivity contribution in [1.29, 1.82) is 0 Å². The van der Waals surface area contributed by atoms with Gasteiger partial charge >= 0.3 is 5.97 Å². The lowest BCUT2D eigenvalue weighted by Crippen LogP contribution is -2.09. The highest BCUT2D eigenvalue weighted by Crippen LogP contribution is 2.07. The molecule has 0 rings (SSSR count). The van der Waals surface area contributed by atoms with Crippen molar-refractivity contribution < 1.29 is 14.3 Å². The third-order valence-electron chi connectivity index (χ3n) is 4.53. The minimum atomic E-state index is -0.234. The average Bonchev–Trinajstić information content (AvgIpc) is 2.69. The van der Waals surface area contributed by atoms with Crippen molar-refractivity contribution in [3.05, 3.63) is 36.5 Å². The van der Waals surface area contributed by atoms with E-state index in [1.807, 2.05) is 6.08 Å². The number of allylic oxidation sites excluding steroid dienone is 6. The molecule has 0 amide bonds. The maximum Gasteiger partial charge on any atom is 0.306 e. The van der Waals surface area contributed by atoms with Gasteiger partial charge in [-0.2, -0.15) is 0 Å². The molecule has 0 atom stereocenters. The molecule has 0 aliphatic carbocycles. The van der Waals surface area contributed by atoms with Crippen LogP contribution in [0.5, 0.6) is 0 Å². The summed E-state index contributed by atoms with van der Waals surface area (Å²) in [6.45, 7) is 4.87. The highest BCUT2D eigenvalue weighted by atomic mass is 16.5. The standard InChI is InChI=1S/C25H42O3/c1-3-5-7-9-10-11-12-13-14-15-16-18-20-24(26)21-22-25(27)28-23-19-17-8-6-4-2/h9-14H,3-8,15-23H2,1-2H3. The van der Waals surface area contributed by atoms with Gasteiger partial charge in [-0.1, -0.05) is 88.8 Å². The zero-order chi connectivity index (χ0) is 20.7. The summed E-state index contributed by atoms with van der Waals surface area (Å²) in [5.41, 5.74) is 0. The number of rotatable bonds is 19. The topological polar surface area (TPSA) is 43.4 Å². The number of carbonyl (C=O) groups is 2. The first-order chi connectivity index (χ1) is 13.7. The van der Waals surface area contributed by atoms with Crippen LogP contribution in [0.4, 0.5) is 0 Å². The molecule has 0 heterocycles. The fourth-order valence-electron chi connectivity index (χ4n) is 2.71. The molecule has 0 bridgehead atoms. The van der Waals surface area contributed by atoms with Gasteiger partial charge in [-0.15, -0.1) is 0 Å². The zero-order valence-electron chi connectivity index (χ0n) is 18.3. The Morgan fingerprint density at radius 1 is 0.643 bits per heavy atom. The summed E-state index contributed by atoms with van der Waals surface area (Å²) in [7, 11) is 0. The van der Waals surface area contributed by atoms with E-state index in [4.69, 9.17) is 4.74 Å². The van der Waals surface area contributed by atoms with Gasteiger partial charge in [0.25, 0.3) is 0 Å². The van der Waals surface area contributed by atoms with E-state index in [0.717, 1.165) is 38.5 Å². The third-order valence-corrected chi connectivity index (χ3v) is 4.53. The molecule has 3 nitrogen and oxygen atoms in total. The van der Waals surface area contributed by atoms with Crippen molar-refractivity contribution in [1.82, 2.24) is 0 Å². The number of Topliss-reactive ketones (excluding diaryl/α,β-unsaturated/α-hetero) is 1. The largest absolute Gasteiger partial charge is 0.466 e. The molecule has 0 saturated heterocycles. The second-order valence-electron chi connectivity index (χ2n) is 7.30. The van der Waals surface area contributed by atoms with Crippen LogP contribution >= 0.6 is 0 Å². The first kappa shape index (κ1) is 26.4. The first-order valence-electron chi connectivity index (χ1n) is 11.4. The fraction of sp³-hybridized carbons (Fsp3) is 0.680. The lowest BCUT2D eigenvalue weighted by Gasteiger charge is -2.04. The lowest BCUT2D eigenvalue weighted by molar-refractivity contribution is -0.145. The number of hydrogen-bond donors (Lipinski definition) is 0. The molecule has 0 fully saturated rings. The van der Waals surface area contributed by atoms with Crippen LogP contribution in [-0.2, 0) is 14.3 Å². The van der Waals surface area contributed by atoms with E-state index in [1.165, 1.54) is 32.1 Å². The molecule has 3 heteroatoms. The van der Waals surface area contributed by atoms with E-state index in [0.29, 0.717) is 19.4 Å². The molecule has 0 aromatic rings. The molecule has 0 aromatic carbocycles. The van der Waals surface area contributed by atoms with Gasteiger partial charge in [0, 0.05) is 12.8 Å². The van der Waals surface area contributed by atoms with Crippen LogP contribution in [0.2, 0.25) is 0 Å². The fourth-order valence-corrected chi connectivity index (χ4v) is 2.71. The molecule has 0 aliphatic heterocycles. The van der Waals surface area contributed by atoms with Gasteiger partial charge in [0.2, 0.25) is 0 Å². The Labute approximate surface area is 173 Å². The number of ketones is 1. The summed E-state index contributed by atoms with van der Waals surface area (Å²) in [5.74, 6) is -0.0664. The van der Waals surface area contributed by atoms with Gasteiger partial charge in [0.1, 0.15) is 5.78 Å². The van der Waals surface area contributed by atoms with Crippen molar-refractivity contribution in [3.8, 4) is 0 Å². The Hall–Kier alpha value is -1.64. The Morgan fingerprint density at radius 2 is 1.29 bits per heavy atom. The molecule has 0 aromatic heterocycles. The summed E-state index contributed by atoms with van der Waals surface area (Å²) in [5, 5.41) is 0. The highest BCUT2D eigenvalue weighted by Gasteiger charge is 2.07. The second kappa shape index (κ2) is 21.7. The number of hydrogen-bond acceptors (Lipinski definition) is 3. The van der Waals surface area contributed by atoms with E-state index in [2.05, 4.69) is 44.2 Å². The molecule has 0 N–H and O–H groups in total. The maximum absolute atomic E-state index is 11.8. The Bertz CT molecular complexity index is 460. The SMILES string of the molecule is CCCCC=CC=CC=CCCCCC(=O)CCC(=O)OCCCCCCC. The van der Waals surface area contributed by atoms with Crippen molar-refractivity contribution in [2.24, 2.45) is 0 Å². The smallest absolute Gasteiger partial charge is 0.306 e. The van der Waals surface area contributed by atoms with Gasteiger partial charge in [0.15, 0.2) is 0 Å². The monoisotopic (exact) mass is 390 g/mol. The third kappa shape index (κ3) is 20.7. The van der Waals surface area contributed by atoms with Crippen LogP contribution in [0.25, 0.3) is 0 Å². The van der Waals surface area contributed by atoms with E-state index in [-0.39, 0.29) is 18.2 Å². The number of carbonyl (C=O) groups excluding carboxylic acids is 2. The van der Waals surface area contributed by atoms with Crippen LogP contribution < -0.4 is 0 Å². The Balaban J connectivity index is 3.51. The van der Waals surface area contributed by atoms with Gasteiger partial charge in [-0.25, -0.2) is 0 Å². The molecule has 0 unspecified atom stereocenters. The van der Waals surface area contributed by atoms with Crippen LogP contribution in [0, 0.1) is 0 Å². The van der Waals surface area contributed by atoms with Gasteiger partial charge < -0.3 is 4.74 Å².